The fourth-order valence-electron chi connectivity index (χ4n) is 6.72. The van der Waals surface area contributed by atoms with Gasteiger partial charge in [-0.15, -0.1) is 0 Å². The number of fused-ring (bicyclic) bond motifs is 1. The summed E-state index contributed by atoms with van der Waals surface area (Å²) in [7, 11) is 0. The average molecular weight is 671 g/mol. The van der Waals surface area contributed by atoms with E-state index in [-0.39, 0.29) is 30.1 Å². The predicted octanol–water partition coefficient (Wildman–Crippen LogP) is 4.79. The number of esters is 4. The van der Waals surface area contributed by atoms with Crippen LogP contribution in [0, 0.1) is 29.1 Å². The lowest BCUT2D eigenvalue weighted by molar-refractivity contribution is -0.192. The topological polar surface area (TPSA) is 152 Å². The zero-order chi connectivity index (χ0) is 36.1. The quantitative estimate of drug-likeness (QED) is 0.231. The van der Waals surface area contributed by atoms with Crippen molar-refractivity contribution in [2.24, 2.45) is 29.1 Å². The first-order valence-electron chi connectivity index (χ1n) is 16.3. The molecule has 11 nitrogen and oxygen atoms in total. The van der Waals surface area contributed by atoms with Crippen molar-refractivity contribution in [2.75, 3.05) is 6.61 Å². The van der Waals surface area contributed by atoms with E-state index in [9.17, 15) is 29.1 Å². The van der Waals surface area contributed by atoms with Crippen molar-refractivity contribution in [2.45, 2.75) is 105 Å². The first-order valence-corrected chi connectivity index (χ1v) is 16.3. The van der Waals surface area contributed by atoms with E-state index < -0.39 is 89.0 Å². The van der Waals surface area contributed by atoms with Gasteiger partial charge in [0.15, 0.2) is 18.0 Å². The summed E-state index contributed by atoms with van der Waals surface area (Å²) < 4.78 is 29.8. The lowest BCUT2D eigenvalue weighted by Crippen LogP contribution is -2.59. The first-order chi connectivity index (χ1) is 22.3. The van der Waals surface area contributed by atoms with Crippen LogP contribution in [0.15, 0.2) is 54.6 Å². The van der Waals surface area contributed by atoms with Crippen LogP contribution in [0.3, 0.4) is 0 Å². The van der Waals surface area contributed by atoms with Gasteiger partial charge in [0.25, 0.3) is 0 Å². The molecule has 0 unspecified atom stereocenters. The molecular weight excluding hydrogens is 620 g/mol. The largest absolute Gasteiger partial charge is 0.459 e. The van der Waals surface area contributed by atoms with Gasteiger partial charge in [-0.05, 0) is 44.2 Å². The number of carbonyl (C=O) groups excluding carboxylic acids is 5. The molecule has 0 radical (unpaired) electrons. The maximum absolute atomic E-state index is 14.3. The third-order valence-electron chi connectivity index (χ3n) is 8.89. The molecule has 0 spiro atoms. The van der Waals surface area contributed by atoms with Crippen LogP contribution in [0.2, 0.25) is 0 Å². The van der Waals surface area contributed by atoms with E-state index in [1.54, 1.807) is 70.2 Å². The summed E-state index contributed by atoms with van der Waals surface area (Å²) in [5.74, 6) is -5.94. The molecule has 11 heteroatoms. The molecule has 0 saturated heterocycles. The Labute approximate surface area is 283 Å². The number of allylic oxidation sites excluding steroid dienone is 1. The Kier molecular flexibility index (Phi) is 12.5. The van der Waals surface area contributed by atoms with Crippen molar-refractivity contribution in [3.05, 3.63) is 60.2 Å². The maximum atomic E-state index is 14.3. The van der Waals surface area contributed by atoms with E-state index in [1.165, 1.54) is 6.92 Å². The summed E-state index contributed by atoms with van der Waals surface area (Å²) in [6.45, 7) is 18.5. The number of ether oxygens (including phenoxy) is 5. The van der Waals surface area contributed by atoms with Gasteiger partial charge in [-0.3, -0.25) is 19.2 Å². The third kappa shape index (κ3) is 8.79. The minimum atomic E-state index is -1.98. The zero-order valence-corrected chi connectivity index (χ0v) is 29.4. The van der Waals surface area contributed by atoms with Crippen molar-refractivity contribution in [3.63, 3.8) is 0 Å². The molecule has 0 heterocycles. The number of Topliss-reactive ketones (excluding diaryl/α,β-unsaturated/α-hetero) is 1. The minimum absolute atomic E-state index is 0.0135. The summed E-state index contributed by atoms with van der Waals surface area (Å²) in [5, 5.41) is 12.9. The standard InChI is InChI=1S/C37H50O11/c1-20(2)19-44-32-31(46-25(7)39)23(5)30(45-24(6)38)28-29(48-35(42)27-14-12-11-13-15-27)22(4)18-37(28,43)34(47-26(8)40)21(3)16-17-36(9,10)33(32)41/h11-17,20-22,28-32,34,43H,5,18-19H2,1-4,6-10H3/b17-16+/t21-,22+,28-,29+,30+,31+,32-,34-,37-/m1/s1. The number of hydrogen-bond acceptors (Lipinski definition) is 11. The molecule has 1 fully saturated rings. The predicted molar refractivity (Wildman–Crippen MR) is 175 cm³/mol. The Balaban J connectivity index is 2.38. The highest BCUT2D eigenvalue weighted by atomic mass is 16.6. The molecule has 3 rings (SSSR count). The molecule has 264 valence electrons. The fourth-order valence-corrected chi connectivity index (χ4v) is 6.72. The smallest absolute Gasteiger partial charge is 0.338 e. The summed E-state index contributed by atoms with van der Waals surface area (Å²) >= 11 is 0. The van der Waals surface area contributed by atoms with Gasteiger partial charge in [0, 0.05) is 37.7 Å². The molecule has 0 amide bonds. The Hall–Kier alpha value is -3.83. The second-order valence-electron chi connectivity index (χ2n) is 14.1. The first kappa shape index (κ1) is 38.6. The van der Waals surface area contributed by atoms with Crippen LogP contribution in [0.4, 0.5) is 0 Å². The van der Waals surface area contributed by atoms with Crippen LogP contribution in [0.25, 0.3) is 0 Å². The van der Waals surface area contributed by atoms with Crippen LogP contribution < -0.4 is 0 Å². The number of aliphatic hydroxyl groups is 1. The highest BCUT2D eigenvalue weighted by molar-refractivity contribution is 5.91. The van der Waals surface area contributed by atoms with Crippen molar-refractivity contribution in [3.8, 4) is 0 Å². The second kappa shape index (κ2) is 15.6. The SMILES string of the molecule is C=C1[C@H](OC(C)=O)[C@H]2[C@@H](OC(=O)c3ccccc3)[C@@H](C)C[C@]2(O)[C@H](OC(C)=O)[C@H](C)/C=C/C(C)(C)C(=O)[C@H](OCC(C)C)[C@H]1OC(C)=O. The van der Waals surface area contributed by atoms with Crippen molar-refractivity contribution >= 4 is 29.7 Å². The van der Waals surface area contributed by atoms with Gasteiger partial charge in [-0.1, -0.05) is 64.6 Å². The zero-order valence-electron chi connectivity index (χ0n) is 29.4. The second-order valence-corrected chi connectivity index (χ2v) is 14.1. The molecule has 9 atom stereocenters. The fraction of sp³-hybridized carbons (Fsp3) is 0.595. The summed E-state index contributed by atoms with van der Waals surface area (Å²) in [6.07, 6.45) is -3.49. The molecule has 48 heavy (non-hydrogen) atoms. The highest BCUT2D eigenvalue weighted by Gasteiger charge is 2.64. The van der Waals surface area contributed by atoms with Gasteiger partial charge >= 0.3 is 23.9 Å². The Bertz CT molecular complexity index is 1400. The Morgan fingerprint density at radius 2 is 1.46 bits per heavy atom. The molecular formula is C37H50O11. The average Bonchev–Trinajstić information content (AvgIpc) is 3.24. The minimum Gasteiger partial charge on any atom is -0.459 e. The van der Waals surface area contributed by atoms with E-state index in [1.807, 2.05) is 13.8 Å². The van der Waals surface area contributed by atoms with Gasteiger partial charge in [-0.25, -0.2) is 4.79 Å². The molecule has 1 aromatic carbocycles. The van der Waals surface area contributed by atoms with Crippen molar-refractivity contribution < 1.29 is 52.8 Å². The molecule has 2 aliphatic carbocycles. The molecule has 1 aromatic rings. The van der Waals surface area contributed by atoms with E-state index in [2.05, 4.69) is 6.58 Å². The van der Waals surface area contributed by atoms with Gasteiger partial charge in [-0.2, -0.15) is 0 Å². The lowest BCUT2D eigenvalue weighted by Gasteiger charge is -2.45. The maximum Gasteiger partial charge on any atom is 0.338 e. The van der Waals surface area contributed by atoms with Gasteiger partial charge in [0.2, 0.25) is 0 Å². The van der Waals surface area contributed by atoms with E-state index >= 15 is 0 Å². The lowest BCUT2D eigenvalue weighted by atomic mass is 9.72. The Morgan fingerprint density at radius 3 is 2.00 bits per heavy atom. The molecule has 0 aliphatic heterocycles. The van der Waals surface area contributed by atoms with Crippen LogP contribution in [-0.4, -0.2) is 77.5 Å². The van der Waals surface area contributed by atoms with Crippen LogP contribution in [0.1, 0.15) is 79.1 Å². The number of carbonyl (C=O) groups is 5. The molecule has 2 aliphatic rings. The highest BCUT2D eigenvalue weighted by Crippen LogP contribution is 2.51. The summed E-state index contributed by atoms with van der Waals surface area (Å²) in [4.78, 5) is 65.8. The summed E-state index contributed by atoms with van der Waals surface area (Å²) in [6, 6.07) is 8.25. The number of hydrogen-bond donors (Lipinski definition) is 1. The number of benzene rings is 1. The van der Waals surface area contributed by atoms with Gasteiger partial charge < -0.3 is 28.8 Å². The summed E-state index contributed by atoms with van der Waals surface area (Å²) in [5.41, 5.74) is -3.02. The Morgan fingerprint density at radius 1 is 0.896 bits per heavy atom. The molecule has 0 bridgehead atoms. The monoisotopic (exact) mass is 670 g/mol. The third-order valence-corrected chi connectivity index (χ3v) is 8.89. The molecule has 1 saturated carbocycles. The molecule has 1 N–H and O–H groups in total. The van der Waals surface area contributed by atoms with E-state index in [0.717, 1.165) is 13.8 Å². The van der Waals surface area contributed by atoms with Crippen LogP contribution in [-0.2, 0) is 42.9 Å². The number of rotatable bonds is 8. The van der Waals surface area contributed by atoms with Crippen LogP contribution >= 0.6 is 0 Å². The van der Waals surface area contributed by atoms with E-state index in [0.29, 0.717) is 0 Å². The van der Waals surface area contributed by atoms with Gasteiger partial charge in [0.05, 0.1) is 18.1 Å². The van der Waals surface area contributed by atoms with E-state index in [4.69, 9.17) is 23.7 Å². The van der Waals surface area contributed by atoms with Crippen molar-refractivity contribution in [1.82, 2.24) is 0 Å². The number of ketones is 1. The van der Waals surface area contributed by atoms with Crippen LogP contribution in [0.5, 0.6) is 0 Å². The van der Waals surface area contributed by atoms with Gasteiger partial charge in [0.1, 0.15) is 23.9 Å². The molecule has 0 aromatic heterocycles. The van der Waals surface area contributed by atoms with Crippen molar-refractivity contribution in [1.29, 1.82) is 0 Å². The normalized spacial score (nSPS) is 32.6.